The van der Waals surface area contributed by atoms with Crippen LogP contribution in [0.15, 0.2) is 35.0 Å². The van der Waals surface area contributed by atoms with Crippen molar-refractivity contribution < 1.29 is 22.8 Å². The molecule has 1 aromatic carbocycles. The van der Waals surface area contributed by atoms with E-state index in [1.54, 1.807) is 12.3 Å². The molecule has 1 aliphatic heterocycles. The van der Waals surface area contributed by atoms with E-state index in [4.69, 9.17) is 4.52 Å². The lowest BCUT2D eigenvalue weighted by Crippen LogP contribution is -2.24. The van der Waals surface area contributed by atoms with Gasteiger partial charge in [0.2, 0.25) is 0 Å². The Morgan fingerprint density at radius 3 is 2.80 bits per heavy atom. The first kappa shape index (κ1) is 16.6. The van der Waals surface area contributed by atoms with Crippen LogP contribution in [-0.2, 0) is 12.7 Å². The Balaban J connectivity index is 1.58. The van der Waals surface area contributed by atoms with Crippen molar-refractivity contribution in [3.63, 3.8) is 0 Å². The molecule has 0 amide bonds. The van der Waals surface area contributed by atoms with Gasteiger partial charge in [-0.15, -0.1) is 0 Å². The maximum atomic E-state index is 13.0. The average Bonchev–Trinajstić information content (AvgIpc) is 3.19. The molecule has 4 rings (SSSR count). The first-order valence-electron chi connectivity index (χ1n) is 8.44. The molecule has 25 heavy (non-hydrogen) atoms. The van der Waals surface area contributed by atoms with Gasteiger partial charge >= 0.3 is 6.18 Å². The molecule has 134 valence electrons. The zero-order valence-electron chi connectivity index (χ0n) is 13.5. The van der Waals surface area contributed by atoms with E-state index >= 15 is 0 Å². The number of aromatic nitrogens is 1. The van der Waals surface area contributed by atoms with Crippen molar-refractivity contribution in [1.29, 1.82) is 0 Å². The SMILES string of the molecule is O[C@@H]1C[C@H](c2cccc(C(F)(F)F)c2)N(Cc2cnoc2C2CC2)C1. The van der Waals surface area contributed by atoms with Crippen molar-refractivity contribution in [3.8, 4) is 0 Å². The standard InChI is InChI=1S/C18H19F3N2O2/c19-18(20,21)14-3-1-2-12(6-14)16-7-15(24)10-23(16)9-13-8-22-25-17(13)11-4-5-11/h1-3,6,8,11,15-16,24H,4-5,7,9-10H2/t15-,16-/m1/s1. The fourth-order valence-electron chi connectivity index (χ4n) is 3.61. The van der Waals surface area contributed by atoms with Gasteiger partial charge in [-0.1, -0.05) is 17.3 Å². The Morgan fingerprint density at radius 2 is 2.08 bits per heavy atom. The summed E-state index contributed by atoms with van der Waals surface area (Å²) >= 11 is 0. The number of alkyl halides is 3. The summed E-state index contributed by atoms with van der Waals surface area (Å²) in [6.07, 6.45) is -0.647. The molecular weight excluding hydrogens is 333 g/mol. The minimum absolute atomic E-state index is 0.251. The fraction of sp³-hybridized carbons (Fsp3) is 0.500. The lowest BCUT2D eigenvalue weighted by molar-refractivity contribution is -0.137. The number of likely N-dealkylation sites (tertiary alicyclic amines) is 1. The van der Waals surface area contributed by atoms with Gasteiger partial charge in [-0.05, 0) is 37.0 Å². The summed E-state index contributed by atoms with van der Waals surface area (Å²) in [4.78, 5) is 2.01. The summed E-state index contributed by atoms with van der Waals surface area (Å²) in [5, 5.41) is 14.0. The second-order valence-corrected chi connectivity index (χ2v) is 6.95. The molecule has 1 aromatic heterocycles. The Kier molecular flexibility index (Phi) is 4.08. The molecule has 2 aliphatic rings. The minimum Gasteiger partial charge on any atom is -0.392 e. The molecule has 1 N–H and O–H groups in total. The second-order valence-electron chi connectivity index (χ2n) is 6.95. The summed E-state index contributed by atoms with van der Waals surface area (Å²) in [5.74, 6) is 1.29. The van der Waals surface area contributed by atoms with Gasteiger partial charge in [0.25, 0.3) is 0 Å². The average molecular weight is 352 g/mol. The molecule has 1 saturated carbocycles. The maximum absolute atomic E-state index is 13.0. The number of hydrogen-bond donors (Lipinski definition) is 1. The smallest absolute Gasteiger partial charge is 0.392 e. The number of β-amino-alcohol motifs (C(OH)–C–C–N with tert-alkyl or cyclic N) is 1. The highest BCUT2D eigenvalue weighted by Gasteiger charge is 2.37. The number of rotatable bonds is 4. The third-order valence-corrected chi connectivity index (χ3v) is 4.98. The van der Waals surface area contributed by atoms with Crippen molar-refractivity contribution in [3.05, 3.63) is 52.9 Å². The maximum Gasteiger partial charge on any atom is 0.416 e. The first-order chi connectivity index (χ1) is 11.9. The third-order valence-electron chi connectivity index (χ3n) is 4.98. The number of benzene rings is 1. The number of aliphatic hydroxyl groups excluding tert-OH is 1. The normalized spacial score (nSPS) is 24.8. The van der Waals surface area contributed by atoms with Crippen LogP contribution in [0.4, 0.5) is 13.2 Å². The Labute approximate surface area is 143 Å². The number of halogens is 3. The molecule has 2 heterocycles. The van der Waals surface area contributed by atoms with Crippen molar-refractivity contribution in [2.45, 2.75) is 50.0 Å². The van der Waals surface area contributed by atoms with Crippen LogP contribution in [-0.4, -0.2) is 27.8 Å². The third kappa shape index (κ3) is 3.43. The van der Waals surface area contributed by atoms with Gasteiger partial charge in [0.05, 0.1) is 17.9 Å². The van der Waals surface area contributed by atoms with Crippen LogP contribution >= 0.6 is 0 Å². The molecule has 0 spiro atoms. The first-order valence-corrected chi connectivity index (χ1v) is 8.44. The van der Waals surface area contributed by atoms with Gasteiger partial charge in [-0.2, -0.15) is 13.2 Å². The summed E-state index contributed by atoms with van der Waals surface area (Å²) in [7, 11) is 0. The van der Waals surface area contributed by atoms with Gasteiger partial charge in [0.1, 0.15) is 5.76 Å². The molecule has 0 bridgehead atoms. The largest absolute Gasteiger partial charge is 0.416 e. The molecule has 0 radical (unpaired) electrons. The van der Waals surface area contributed by atoms with Crippen molar-refractivity contribution in [2.24, 2.45) is 0 Å². The lowest BCUT2D eigenvalue weighted by Gasteiger charge is -2.24. The Morgan fingerprint density at radius 1 is 1.28 bits per heavy atom. The van der Waals surface area contributed by atoms with E-state index in [1.807, 2.05) is 4.90 Å². The Bertz CT molecular complexity index is 755. The van der Waals surface area contributed by atoms with E-state index in [-0.39, 0.29) is 6.04 Å². The number of hydrogen-bond acceptors (Lipinski definition) is 4. The predicted octanol–water partition coefficient (Wildman–Crippen LogP) is 3.88. The molecule has 2 aromatic rings. The molecule has 1 saturated heterocycles. The van der Waals surface area contributed by atoms with Crippen LogP contribution in [0.5, 0.6) is 0 Å². The van der Waals surface area contributed by atoms with E-state index in [2.05, 4.69) is 5.16 Å². The summed E-state index contributed by atoms with van der Waals surface area (Å²) in [5.41, 5.74) is 0.888. The van der Waals surface area contributed by atoms with Crippen LogP contribution in [0, 0.1) is 0 Å². The molecule has 4 nitrogen and oxygen atoms in total. The van der Waals surface area contributed by atoms with Crippen LogP contribution in [0.3, 0.4) is 0 Å². The number of aliphatic hydroxyl groups is 1. The quantitative estimate of drug-likeness (QED) is 0.907. The van der Waals surface area contributed by atoms with E-state index in [9.17, 15) is 18.3 Å². The van der Waals surface area contributed by atoms with Gasteiger partial charge < -0.3 is 9.63 Å². The fourth-order valence-corrected chi connectivity index (χ4v) is 3.61. The van der Waals surface area contributed by atoms with Crippen LogP contribution in [0.2, 0.25) is 0 Å². The monoisotopic (exact) mass is 352 g/mol. The van der Waals surface area contributed by atoms with Crippen LogP contribution in [0.25, 0.3) is 0 Å². The minimum atomic E-state index is -4.37. The summed E-state index contributed by atoms with van der Waals surface area (Å²) in [6, 6.07) is 5.13. The van der Waals surface area contributed by atoms with Crippen molar-refractivity contribution >= 4 is 0 Å². The molecular formula is C18H19F3N2O2. The van der Waals surface area contributed by atoms with E-state index in [0.29, 0.717) is 31.0 Å². The Hall–Kier alpha value is -1.86. The van der Waals surface area contributed by atoms with E-state index in [1.165, 1.54) is 12.1 Å². The lowest BCUT2D eigenvalue weighted by atomic mass is 10.0. The van der Waals surface area contributed by atoms with E-state index in [0.717, 1.165) is 30.2 Å². The highest BCUT2D eigenvalue weighted by atomic mass is 19.4. The molecule has 1 aliphatic carbocycles. The zero-order chi connectivity index (χ0) is 17.6. The van der Waals surface area contributed by atoms with Crippen LogP contribution in [0.1, 0.15) is 53.7 Å². The zero-order valence-corrected chi connectivity index (χ0v) is 13.5. The highest BCUT2D eigenvalue weighted by Crippen LogP contribution is 2.43. The molecule has 7 heteroatoms. The molecule has 2 fully saturated rings. The number of nitrogens with zero attached hydrogens (tertiary/aromatic N) is 2. The summed E-state index contributed by atoms with van der Waals surface area (Å²) in [6.45, 7) is 0.948. The highest BCUT2D eigenvalue weighted by molar-refractivity contribution is 5.29. The predicted molar refractivity (Wildman–Crippen MR) is 83.7 cm³/mol. The van der Waals surface area contributed by atoms with Crippen molar-refractivity contribution in [1.82, 2.24) is 10.1 Å². The topological polar surface area (TPSA) is 49.5 Å². The van der Waals surface area contributed by atoms with E-state index < -0.39 is 17.8 Å². The molecule has 2 atom stereocenters. The van der Waals surface area contributed by atoms with Gasteiger partial charge in [-0.3, -0.25) is 4.90 Å². The van der Waals surface area contributed by atoms with Crippen molar-refractivity contribution in [2.75, 3.05) is 6.54 Å². The molecule has 0 unspecified atom stereocenters. The summed E-state index contributed by atoms with van der Waals surface area (Å²) < 4.78 is 44.3. The second kappa shape index (κ2) is 6.14. The van der Waals surface area contributed by atoms with Gasteiger partial charge in [0.15, 0.2) is 0 Å². The van der Waals surface area contributed by atoms with Crippen LogP contribution < -0.4 is 0 Å². The van der Waals surface area contributed by atoms with Gasteiger partial charge in [-0.25, -0.2) is 0 Å². The van der Waals surface area contributed by atoms with Gasteiger partial charge in [0, 0.05) is 30.6 Å².